The van der Waals surface area contributed by atoms with Crippen LogP contribution in [0.25, 0.3) is 0 Å². The maximum absolute atomic E-state index is 12.2. The fourth-order valence-corrected chi connectivity index (χ4v) is 4.05. The van der Waals surface area contributed by atoms with E-state index in [1.807, 2.05) is 0 Å². The molecule has 20 heavy (non-hydrogen) atoms. The van der Waals surface area contributed by atoms with Gasteiger partial charge in [-0.15, -0.1) is 0 Å². The predicted molar refractivity (Wildman–Crippen MR) is 81.8 cm³/mol. The van der Waals surface area contributed by atoms with Gasteiger partial charge in [-0.1, -0.05) is 19.3 Å². The molecule has 0 aliphatic heterocycles. The van der Waals surface area contributed by atoms with E-state index in [1.54, 1.807) is 0 Å². The average molecular weight is 363 g/mol. The second kappa shape index (κ2) is 6.01. The normalized spacial score (nSPS) is 18.9. The Kier molecular flexibility index (Phi) is 4.73. The van der Waals surface area contributed by atoms with E-state index >= 15 is 0 Å². The van der Waals surface area contributed by atoms with Crippen molar-refractivity contribution in [3.05, 3.63) is 22.7 Å². The van der Waals surface area contributed by atoms with Crippen molar-refractivity contribution in [3.63, 3.8) is 0 Å². The smallest absolute Gasteiger partial charge is 0.240 e. The molecule has 2 rings (SSSR count). The number of sulfonamides is 1. The summed E-state index contributed by atoms with van der Waals surface area (Å²) in [4.78, 5) is 0.137. The van der Waals surface area contributed by atoms with Crippen molar-refractivity contribution < 1.29 is 13.5 Å². The molecule has 0 spiro atoms. The van der Waals surface area contributed by atoms with E-state index in [0.717, 1.165) is 19.3 Å². The number of nitrogens with one attached hydrogen (secondary N) is 1. The Balaban J connectivity index is 2.09. The van der Waals surface area contributed by atoms with Crippen molar-refractivity contribution >= 4 is 31.6 Å². The van der Waals surface area contributed by atoms with Gasteiger partial charge in [-0.2, -0.15) is 0 Å². The largest absolute Gasteiger partial charge is 0.398 e. The molecule has 5 nitrogen and oxygen atoms in total. The van der Waals surface area contributed by atoms with Crippen LogP contribution in [-0.2, 0) is 10.0 Å². The van der Waals surface area contributed by atoms with Gasteiger partial charge in [0, 0.05) is 16.7 Å². The molecule has 112 valence electrons. The molecule has 1 aliphatic carbocycles. The maximum Gasteiger partial charge on any atom is 0.240 e. The third-order valence-electron chi connectivity index (χ3n) is 3.66. The lowest BCUT2D eigenvalue weighted by molar-refractivity contribution is 0.00945. The lowest BCUT2D eigenvalue weighted by atomic mass is 9.85. The molecule has 0 unspecified atom stereocenters. The van der Waals surface area contributed by atoms with Crippen molar-refractivity contribution in [1.82, 2.24) is 4.72 Å². The number of hydrogen-bond donors (Lipinski definition) is 3. The summed E-state index contributed by atoms with van der Waals surface area (Å²) in [6, 6.07) is 4.45. The first-order valence-electron chi connectivity index (χ1n) is 6.60. The summed E-state index contributed by atoms with van der Waals surface area (Å²) in [5, 5.41) is 10.3. The first kappa shape index (κ1) is 15.8. The molecule has 1 saturated carbocycles. The molecule has 0 bridgehead atoms. The van der Waals surface area contributed by atoms with Gasteiger partial charge in [0.15, 0.2) is 0 Å². The van der Waals surface area contributed by atoms with E-state index < -0.39 is 15.6 Å². The Bertz CT molecular complexity index is 583. The highest BCUT2D eigenvalue weighted by Crippen LogP contribution is 2.28. The van der Waals surface area contributed by atoms with Crippen molar-refractivity contribution in [1.29, 1.82) is 0 Å². The Labute approximate surface area is 127 Å². The molecule has 0 radical (unpaired) electrons. The average Bonchev–Trinajstić information content (AvgIpc) is 2.41. The second-order valence-corrected chi connectivity index (χ2v) is 7.91. The predicted octanol–water partition coefficient (Wildman–Crippen LogP) is 2.00. The fourth-order valence-electron chi connectivity index (χ4n) is 2.37. The lowest BCUT2D eigenvalue weighted by Gasteiger charge is -2.32. The van der Waals surface area contributed by atoms with E-state index in [1.165, 1.54) is 18.2 Å². The quantitative estimate of drug-likeness (QED) is 0.714. The molecule has 1 aromatic carbocycles. The summed E-state index contributed by atoms with van der Waals surface area (Å²) < 4.78 is 27.4. The summed E-state index contributed by atoms with van der Waals surface area (Å²) in [5.74, 6) is 0. The monoisotopic (exact) mass is 362 g/mol. The van der Waals surface area contributed by atoms with Crippen LogP contribution in [-0.4, -0.2) is 25.7 Å². The zero-order chi connectivity index (χ0) is 14.8. The van der Waals surface area contributed by atoms with E-state index in [4.69, 9.17) is 5.73 Å². The van der Waals surface area contributed by atoms with Crippen molar-refractivity contribution in [2.45, 2.75) is 42.6 Å². The summed E-state index contributed by atoms with van der Waals surface area (Å²) >= 11 is 3.21. The molecule has 7 heteroatoms. The highest BCUT2D eigenvalue weighted by molar-refractivity contribution is 9.10. The van der Waals surface area contributed by atoms with Crippen LogP contribution in [0.3, 0.4) is 0 Å². The van der Waals surface area contributed by atoms with Gasteiger partial charge in [0.05, 0.1) is 10.5 Å². The van der Waals surface area contributed by atoms with Gasteiger partial charge >= 0.3 is 0 Å². The number of nitrogens with two attached hydrogens (primary N) is 1. The summed E-state index contributed by atoms with van der Waals surface area (Å²) in [6.45, 7) is 0.0529. The van der Waals surface area contributed by atoms with Gasteiger partial charge in [0.25, 0.3) is 0 Å². The SMILES string of the molecule is Nc1ccc(S(=O)(=O)NCC2(O)CCCCC2)cc1Br. The zero-order valence-corrected chi connectivity index (χ0v) is 13.5. The van der Waals surface area contributed by atoms with Crippen LogP contribution in [0.5, 0.6) is 0 Å². The van der Waals surface area contributed by atoms with Gasteiger partial charge in [0.1, 0.15) is 0 Å². The van der Waals surface area contributed by atoms with Crippen LogP contribution in [0.1, 0.15) is 32.1 Å². The number of nitrogen functional groups attached to an aromatic ring is 1. The molecule has 1 fully saturated rings. The minimum atomic E-state index is -3.63. The van der Waals surface area contributed by atoms with Crippen LogP contribution in [0.15, 0.2) is 27.6 Å². The Morgan fingerprint density at radius 1 is 1.30 bits per heavy atom. The molecule has 0 amide bonds. The molecule has 0 heterocycles. The Morgan fingerprint density at radius 2 is 1.95 bits per heavy atom. The fraction of sp³-hybridized carbons (Fsp3) is 0.538. The molecule has 4 N–H and O–H groups in total. The third kappa shape index (κ3) is 3.72. The molecule has 1 aromatic rings. The van der Waals surface area contributed by atoms with Gasteiger partial charge in [-0.05, 0) is 47.0 Å². The first-order chi connectivity index (χ1) is 9.32. The lowest BCUT2D eigenvalue weighted by Crippen LogP contribution is -2.44. The van der Waals surface area contributed by atoms with Gasteiger partial charge in [-0.25, -0.2) is 13.1 Å². The molecular weight excluding hydrogens is 344 g/mol. The van der Waals surface area contributed by atoms with Crippen molar-refractivity contribution in [3.8, 4) is 0 Å². The summed E-state index contributed by atoms with van der Waals surface area (Å²) in [5.41, 5.74) is 5.20. The molecule has 1 aliphatic rings. The standard InChI is InChI=1S/C13H19BrN2O3S/c14-11-8-10(4-5-12(11)15)20(18,19)16-9-13(17)6-2-1-3-7-13/h4-5,8,16-17H,1-3,6-7,9,15H2. The highest BCUT2D eigenvalue weighted by atomic mass is 79.9. The van der Waals surface area contributed by atoms with Crippen LogP contribution in [0.2, 0.25) is 0 Å². The minimum Gasteiger partial charge on any atom is -0.398 e. The first-order valence-corrected chi connectivity index (χ1v) is 8.87. The van der Waals surface area contributed by atoms with E-state index in [9.17, 15) is 13.5 Å². The van der Waals surface area contributed by atoms with Crippen molar-refractivity contribution in [2.75, 3.05) is 12.3 Å². The molecule has 0 aromatic heterocycles. The van der Waals surface area contributed by atoms with Crippen LogP contribution >= 0.6 is 15.9 Å². The molecule has 0 atom stereocenters. The van der Waals surface area contributed by atoms with Gasteiger partial charge in [-0.3, -0.25) is 0 Å². The topological polar surface area (TPSA) is 92.4 Å². The van der Waals surface area contributed by atoms with Crippen molar-refractivity contribution in [2.24, 2.45) is 0 Å². The maximum atomic E-state index is 12.2. The van der Waals surface area contributed by atoms with Gasteiger partial charge in [0.2, 0.25) is 10.0 Å². The number of anilines is 1. The van der Waals surface area contributed by atoms with Crippen LogP contribution < -0.4 is 10.5 Å². The van der Waals surface area contributed by atoms with E-state index in [2.05, 4.69) is 20.7 Å². The number of aliphatic hydroxyl groups is 1. The number of rotatable bonds is 4. The number of hydrogen-bond acceptors (Lipinski definition) is 4. The number of benzene rings is 1. The van der Waals surface area contributed by atoms with E-state index in [0.29, 0.717) is 23.0 Å². The molecule has 0 saturated heterocycles. The summed E-state index contributed by atoms with van der Waals surface area (Å²) in [7, 11) is -3.63. The summed E-state index contributed by atoms with van der Waals surface area (Å²) in [6.07, 6.45) is 4.25. The second-order valence-electron chi connectivity index (χ2n) is 5.29. The molecular formula is C13H19BrN2O3S. The minimum absolute atomic E-state index is 0.0529. The van der Waals surface area contributed by atoms with Crippen LogP contribution in [0, 0.1) is 0 Å². The number of halogens is 1. The highest BCUT2D eigenvalue weighted by Gasteiger charge is 2.30. The Morgan fingerprint density at radius 3 is 2.55 bits per heavy atom. The third-order valence-corrected chi connectivity index (χ3v) is 5.74. The van der Waals surface area contributed by atoms with Crippen LogP contribution in [0.4, 0.5) is 5.69 Å². The zero-order valence-electron chi connectivity index (χ0n) is 11.1. The van der Waals surface area contributed by atoms with E-state index in [-0.39, 0.29) is 11.4 Å². The Hall–Kier alpha value is -0.630. The van der Waals surface area contributed by atoms with Gasteiger partial charge < -0.3 is 10.8 Å².